The summed E-state index contributed by atoms with van der Waals surface area (Å²) in [5, 5.41) is 14.3. The summed E-state index contributed by atoms with van der Waals surface area (Å²) in [4.78, 5) is 0. The molecule has 1 N–H and O–H groups in total. The summed E-state index contributed by atoms with van der Waals surface area (Å²) in [5.74, 6) is 0.486. The highest BCUT2D eigenvalue weighted by atomic mass is 19.4. The molecule has 7 heteroatoms. The van der Waals surface area contributed by atoms with E-state index >= 15 is 0 Å². The van der Waals surface area contributed by atoms with Gasteiger partial charge in [0.1, 0.15) is 11.5 Å². The Labute approximate surface area is 135 Å². The van der Waals surface area contributed by atoms with Crippen molar-refractivity contribution in [2.24, 2.45) is 0 Å². The van der Waals surface area contributed by atoms with Gasteiger partial charge in [-0.2, -0.15) is 18.3 Å². The molecule has 2 aromatic carbocycles. The lowest BCUT2D eigenvalue weighted by Gasteiger charge is -2.11. The number of alkyl halides is 3. The van der Waals surface area contributed by atoms with Crippen LogP contribution < -0.4 is 4.74 Å². The van der Waals surface area contributed by atoms with Crippen LogP contribution in [0.2, 0.25) is 0 Å². The van der Waals surface area contributed by atoms with Crippen molar-refractivity contribution in [2.75, 3.05) is 7.11 Å². The number of aromatic nitrogens is 2. The predicted octanol–water partition coefficient (Wildman–Crippen LogP) is 4.27. The van der Waals surface area contributed by atoms with Gasteiger partial charge in [-0.15, -0.1) is 0 Å². The smallest absolute Gasteiger partial charge is 0.416 e. The van der Waals surface area contributed by atoms with Crippen LogP contribution >= 0.6 is 0 Å². The third-order valence-corrected chi connectivity index (χ3v) is 3.56. The number of ether oxygens (including phenoxy) is 1. The Morgan fingerprint density at radius 2 is 1.75 bits per heavy atom. The van der Waals surface area contributed by atoms with Crippen LogP contribution in [0.4, 0.5) is 13.2 Å². The number of halogens is 3. The lowest BCUT2D eigenvalue weighted by molar-refractivity contribution is -0.137. The first kappa shape index (κ1) is 15.9. The predicted molar refractivity (Wildman–Crippen MR) is 82.2 cm³/mol. The molecule has 0 aliphatic carbocycles. The zero-order valence-corrected chi connectivity index (χ0v) is 12.6. The number of methoxy groups -OCH3 is 1. The fraction of sp³-hybridized carbons (Fsp3) is 0.118. The van der Waals surface area contributed by atoms with E-state index in [2.05, 4.69) is 5.10 Å². The maximum atomic E-state index is 12.7. The van der Waals surface area contributed by atoms with E-state index in [0.29, 0.717) is 22.7 Å². The number of phenols is 1. The highest BCUT2D eigenvalue weighted by Crippen LogP contribution is 2.34. The second-order valence-corrected chi connectivity index (χ2v) is 5.06. The normalized spacial score (nSPS) is 11.5. The van der Waals surface area contributed by atoms with Crippen LogP contribution in [0.5, 0.6) is 11.5 Å². The van der Waals surface area contributed by atoms with Crippen molar-refractivity contribution < 1.29 is 23.0 Å². The molecule has 3 rings (SSSR count). The molecule has 4 nitrogen and oxygen atoms in total. The minimum absolute atomic E-state index is 0.0111. The van der Waals surface area contributed by atoms with E-state index < -0.39 is 11.7 Å². The summed E-state index contributed by atoms with van der Waals surface area (Å²) >= 11 is 0. The Morgan fingerprint density at radius 3 is 2.33 bits per heavy atom. The molecule has 124 valence electrons. The van der Waals surface area contributed by atoms with Gasteiger partial charge in [0.15, 0.2) is 0 Å². The maximum absolute atomic E-state index is 12.7. The van der Waals surface area contributed by atoms with Crippen molar-refractivity contribution >= 4 is 0 Å². The molecule has 0 aliphatic heterocycles. The lowest BCUT2D eigenvalue weighted by atomic mass is 10.1. The molecule has 0 spiro atoms. The summed E-state index contributed by atoms with van der Waals surface area (Å²) in [6.07, 6.45) is -2.88. The minimum atomic E-state index is -4.39. The van der Waals surface area contributed by atoms with Gasteiger partial charge in [0.05, 0.1) is 30.3 Å². The van der Waals surface area contributed by atoms with Gasteiger partial charge >= 0.3 is 6.18 Å². The summed E-state index contributed by atoms with van der Waals surface area (Å²) in [7, 11) is 1.49. The molecule has 0 saturated carbocycles. The monoisotopic (exact) mass is 334 g/mol. The average Bonchev–Trinajstić information content (AvgIpc) is 3.03. The van der Waals surface area contributed by atoms with Crippen molar-refractivity contribution in [3.63, 3.8) is 0 Å². The van der Waals surface area contributed by atoms with E-state index in [1.54, 1.807) is 18.2 Å². The highest BCUT2D eigenvalue weighted by molar-refractivity contribution is 5.69. The fourth-order valence-electron chi connectivity index (χ4n) is 2.36. The van der Waals surface area contributed by atoms with Gasteiger partial charge in [0.2, 0.25) is 0 Å². The van der Waals surface area contributed by atoms with Crippen molar-refractivity contribution in [1.82, 2.24) is 9.78 Å². The van der Waals surface area contributed by atoms with Gasteiger partial charge in [0, 0.05) is 11.6 Å². The maximum Gasteiger partial charge on any atom is 0.416 e. The van der Waals surface area contributed by atoms with Crippen LogP contribution in [0.25, 0.3) is 16.9 Å². The first-order valence-corrected chi connectivity index (χ1v) is 6.99. The Kier molecular flexibility index (Phi) is 3.92. The lowest BCUT2D eigenvalue weighted by Crippen LogP contribution is -2.05. The molecular formula is C17H13F3N2O2. The number of benzene rings is 2. The molecule has 3 aromatic rings. The van der Waals surface area contributed by atoms with Crippen molar-refractivity contribution in [3.8, 4) is 28.4 Å². The Hall–Kier alpha value is -2.96. The van der Waals surface area contributed by atoms with Gasteiger partial charge in [-0.05, 0) is 42.5 Å². The summed E-state index contributed by atoms with van der Waals surface area (Å²) in [5.41, 5.74) is 0.772. The second-order valence-electron chi connectivity index (χ2n) is 5.06. The van der Waals surface area contributed by atoms with E-state index in [1.165, 1.54) is 36.2 Å². The second kappa shape index (κ2) is 5.92. The number of hydrogen-bond donors (Lipinski definition) is 1. The number of phenolic OH excluding ortho intramolecular Hbond substituents is 1. The number of hydrogen-bond acceptors (Lipinski definition) is 3. The molecule has 0 fully saturated rings. The van der Waals surface area contributed by atoms with Gasteiger partial charge < -0.3 is 9.84 Å². The molecule has 0 radical (unpaired) electrons. The summed E-state index contributed by atoms with van der Waals surface area (Å²) in [6, 6.07) is 11.1. The number of nitrogens with zero attached hydrogens (tertiary/aromatic N) is 2. The van der Waals surface area contributed by atoms with Crippen molar-refractivity contribution in [2.45, 2.75) is 6.18 Å². The molecule has 0 saturated heterocycles. The molecule has 0 aliphatic rings. The van der Waals surface area contributed by atoms with Crippen LogP contribution in [-0.4, -0.2) is 22.0 Å². The van der Waals surface area contributed by atoms with Crippen molar-refractivity contribution in [1.29, 1.82) is 0 Å². The van der Waals surface area contributed by atoms with Gasteiger partial charge in [-0.1, -0.05) is 0 Å². The molecule has 0 unspecified atom stereocenters. The summed E-state index contributed by atoms with van der Waals surface area (Å²) in [6.45, 7) is 0. The van der Waals surface area contributed by atoms with Gasteiger partial charge in [-0.3, -0.25) is 0 Å². The quantitative estimate of drug-likeness (QED) is 0.778. The van der Waals surface area contributed by atoms with E-state index in [0.717, 1.165) is 12.1 Å². The van der Waals surface area contributed by atoms with E-state index in [1.807, 2.05) is 0 Å². The van der Waals surface area contributed by atoms with Crippen LogP contribution in [0, 0.1) is 0 Å². The highest BCUT2D eigenvalue weighted by Gasteiger charge is 2.30. The van der Waals surface area contributed by atoms with Gasteiger partial charge in [-0.25, -0.2) is 4.68 Å². The Bertz CT molecular complexity index is 855. The Balaban J connectivity index is 2.02. The first-order chi connectivity index (χ1) is 11.4. The summed E-state index contributed by atoms with van der Waals surface area (Å²) < 4.78 is 44.5. The van der Waals surface area contributed by atoms with E-state index in [-0.39, 0.29) is 5.75 Å². The van der Waals surface area contributed by atoms with Crippen LogP contribution in [0.3, 0.4) is 0 Å². The third kappa shape index (κ3) is 2.92. The standard InChI is InChI=1S/C17H13F3N2O2/c1-24-13-6-7-14(16(23)10-13)15-8-9-21-22(15)12-4-2-11(3-5-12)17(18,19)20/h2-10,23H,1H3. The minimum Gasteiger partial charge on any atom is -0.507 e. The number of rotatable bonds is 3. The molecule has 1 heterocycles. The van der Waals surface area contributed by atoms with E-state index in [9.17, 15) is 18.3 Å². The fourth-order valence-corrected chi connectivity index (χ4v) is 2.36. The molecule has 24 heavy (non-hydrogen) atoms. The molecule has 0 atom stereocenters. The largest absolute Gasteiger partial charge is 0.507 e. The SMILES string of the molecule is COc1ccc(-c2ccnn2-c2ccc(C(F)(F)F)cc2)c(O)c1. The van der Waals surface area contributed by atoms with Crippen molar-refractivity contribution in [3.05, 3.63) is 60.3 Å². The van der Waals surface area contributed by atoms with Gasteiger partial charge in [0.25, 0.3) is 0 Å². The first-order valence-electron chi connectivity index (χ1n) is 6.99. The van der Waals surface area contributed by atoms with E-state index in [4.69, 9.17) is 4.74 Å². The topological polar surface area (TPSA) is 47.3 Å². The molecule has 1 aromatic heterocycles. The third-order valence-electron chi connectivity index (χ3n) is 3.56. The average molecular weight is 334 g/mol. The Morgan fingerprint density at radius 1 is 1.04 bits per heavy atom. The zero-order chi connectivity index (χ0) is 17.3. The molecule has 0 amide bonds. The zero-order valence-electron chi connectivity index (χ0n) is 12.6. The molecule has 0 bridgehead atoms. The number of aromatic hydroxyl groups is 1. The van der Waals surface area contributed by atoms with Crippen LogP contribution in [-0.2, 0) is 6.18 Å². The molecular weight excluding hydrogens is 321 g/mol. The van der Waals surface area contributed by atoms with Crippen LogP contribution in [0.1, 0.15) is 5.56 Å². The van der Waals surface area contributed by atoms with Crippen LogP contribution in [0.15, 0.2) is 54.7 Å².